The number of nitrogens with zero attached hydrogens (tertiary/aromatic N) is 8. The summed E-state index contributed by atoms with van der Waals surface area (Å²) < 4.78 is 75.2. The van der Waals surface area contributed by atoms with Gasteiger partial charge in [0.2, 0.25) is 0 Å². The van der Waals surface area contributed by atoms with Crippen molar-refractivity contribution >= 4 is 0 Å². The van der Waals surface area contributed by atoms with Crippen molar-refractivity contribution < 1.29 is 187 Å². The molecule has 0 amide bonds. The third-order valence-electron chi connectivity index (χ3n) is 19.2. The molecule has 0 unspecified atom stereocenters. The molecule has 0 bridgehead atoms. The fraction of sp³-hybridized carbons (Fsp3) is 0.207. The number of unbranched alkanes of at least 4 members (excludes halogenated alkanes) is 8. The summed E-state index contributed by atoms with van der Waals surface area (Å²) in [6.07, 6.45) is 24.8. The number of hydrogen-bond donors (Lipinski definition) is 0. The number of halogens is 6. The van der Waals surface area contributed by atoms with Crippen LogP contribution in [0.5, 0.6) is 0 Å². The van der Waals surface area contributed by atoms with Gasteiger partial charge in [-0.25, -0.2) is 0 Å². The molecule has 8 radical (unpaired) electrons. The summed E-state index contributed by atoms with van der Waals surface area (Å²) in [4.78, 5) is 33.7. The van der Waals surface area contributed by atoms with Crippen molar-refractivity contribution in [2.75, 3.05) is 0 Å². The largest absolute Gasteiger partial charge is 0.417 e. The van der Waals surface area contributed by atoms with Gasteiger partial charge in [-0.05, 0) is 111 Å². The molecule has 0 saturated carbocycles. The Labute approximate surface area is 891 Å². The Hall–Kier alpha value is -8.27. The summed E-state index contributed by atoms with van der Waals surface area (Å²) in [5.41, 5.74) is 18.5. The van der Waals surface area contributed by atoms with Crippen LogP contribution in [0.25, 0.3) is 90.1 Å². The minimum Gasteiger partial charge on any atom is -0.305 e. The van der Waals surface area contributed by atoms with Gasteiger partial charge in [-0.1, -0.05) is 228 Å². The number of benzene rings is 8. The Morgan fingerprint density at radius 2 is 0.571 bits per heavy atom. The molecule has 133 heavy (non-hydrogen) atoms. The average Bonchev–Trinajstić information content (AvgIpc) is 0.839. The molecule has 0 fully saturated rings. The van der Waals surface area contributed by atoms with Gasteiger partial charge >= 0.3 is 6.18 Å². The average molecular weight is 3200 g/mol. The molecule has 0 saturated heterocycles. The molecule has 22 heteroatoms. The predicted molar refractivity (Wildman–Crippen MR) is 495 cm³/mol. The zero-order chi connectivity index (χ0) is 88.8. The normalized spacial score (nSPS) is 10.1. The molecule has 8 heterocycles. The van der Waals surface area contributed by atoms with E-state index in [4.69, 9.17) is 0 Å². The smallest absolute Gasteiger partial charge is 0.305 e. The predicted octanol–water partition coefficient (Wildman–Crippen LogP) is 29.4. The summed E-state index contributed by atoms with van der Waals surface area (Å²) in [6.45, 7) is 17.7. The fourth-order valence-electron chi connectivity index (χ4n) is 12.2. The van der Waals surface area contributed by atoms with Gasteiger partial charge in [0.05, 0.1) is 5.56 Å². The first-order chi connectivity index (χ1) is 60.6. The number of pyridine rings is 8. The van der Waals surface area contributed by atoms with Crippen LogP contribution in [0.4, 0.5) is 26.3 Å². The Morgan fingerprint density at radius 3 is 0.887 bits per heavy atom. The van der Waals surface area contributed by atoms with E-state index in [1.165, 1.54) is 111 Å². The Bertz CT molecular complexity index is 5350. The maximum Gasteiger partial charge on any atom is 0.417 e. The second kappa shape index (κ2) is 67.9. The first-order valence-corrected chi connectivity index (χ1v) is 42.1. The summed E-state index contributed by atoms with van der Waals surface area (Å²) in [7, 11) is 0. The summed E-state index contributed by atoms with van der Waals surface area (Å²) >= 11 is 0. The molecular formula is C111H104F6Ir8N8-8. The molecule has 0 atom stereocenters. The number of aromatic nitrogens is 8. The van der Waals surface area contributed by atoms with E-state index in [0.29, 0.717) is 17.0 Å². The van der Waals surface area contributed by atoms with Crippen LogP contribution in [-0.2, 0) is 191 Å². The third-order valence-corrected chi connectivity index (χ3v) is 19.2. The maximum absolute atomic E-state index is 13.2. The molecule has 16 rings (SSSR count). The number of alkyl halides is 3. The summed E-state index contributed by atoms with van der Waals surface area (Å²) in [5.74, 6) is -1.56. The quantitative estimate of drug-likeness (QED) is 0.0422. The molecule has 0 aliphatic heterocycles. The molecule has 8 aromatic carbocycles. The molecule has 0 aliphatic carbocycles. The molecule has 16 aromatic rings. The molecule has 8 nitrogen and oxygen atoms in total. The Balaban J connectivity index is 0.000000756. The SMILES string of the molecule is CC(C)(C)c1c[c-]c(-c2ccccn2)cc1.CC(C)(C)c1ccc(-c2[c-]cccc2)nc1.CCCCCCCCc1c[c-]c(-c2ccccn2)cc1.CCCCCCc1ccc(-c2[c-]cccc2)nc1.FC(F)(F)c1ccc(-c2[c-]cccc2)nc1.Fc1c[c-]c(-c2ccccn2)c(F)c1.Fc1c[c-]c(-c2ccccn2)cc1.[Ir].[Ir].[Ir].[Ir].[Ir].[Ir].[Ir].[Ir].[c-]1ccccc1-c1ccccn1. The zero-order valence-corrected chi connectivity index (χ0v) is 94.0. The van der Waals surface area contributed by atoms with Crippen LogP contribution in [0.3, 0.4) is 0 Å². The molecule has 0 spiro atoms. The first-order valence-electron chi connectivity index (χ1n) is 42.1. The number of rotatable bonds is 20. The van der Waals surface area contributed by atoms with E-state index in [0.717, 1.165) is 98.4 Å². The van der Waals surface area contributed by atoms with Crippen molar-refractivity contribution in [3.8, 4) is 90.1 Å². The van der Waals surface area contributed by atoms with E-state index in [-0.39, 0.29) is 183 Å². The van der Waals surface area contributed by atoms with E-state index >= 15 is 0 Å². The third kappa shape index (κ3) is 45.5. The standard InChI is InChI=1S/C19H24N.C17H20N.2C15H16N.C12H7F3N.C11H6F2N.C11H7FN.C11H8N.8Ir/c1-2-3-4-5-6-7-10-17-12-14-18(15-13-17)19-11-8-9-16-20-19;1-2-3-4-6-9-15-12-13-17(18-14-15)16-10-7-5-8-11-16;1-15(2,3)13-9-7-12(8-10-13)14-6-4-5-11-16-14;1-15(2,3)13-9-10-14(16-11-13)12-7-5-4-6-8-12;13-12(14,15)10-6-7-11(16-8-10)9-4-2-1-3-5-9;12-8-4-5-9(10(13)7-8)11-3-1-2-6-14-11;12-10-6-4-9(5-7-10)11-3-1-2-8-13-11;1-2-6-10(7-3-1)11-8-4-5-9-12-11;;;;;;;;/h8-9,11-14,16H,2-7,10H2,1H3;5,7-8,10,12-14H,2-4,6,9H2,1H3;2*4-7,9-11H,1-3H3;1-4,6-8H;1-4,6-7H;1-4,6-8H;1-6,8-9H;;;;;;;;/q8*-1;;;;;;;;. The number of hydrogen-bond acceptors (Lipinski definition) is 8. The van der Waals surface area contributed by atoms with Crippen LogP contribution in [-0.4, -0.2) is 39.9 Å². The van der Waals surface area contributed by atoms with Gasteiger partial charge in [-0.15, -0.1) is 256 Å². The second-order valence-electron chi connectivity index (χ2n) is 31.0. The van der Waals surface area contributed by atoms with Crippen molar-refractivity contribution in [2.45, 2.75) is 149 Å². The molecule has 710 valence electrons. The summed E-state index contributed by atoms with van der Waals surface area (Å²) in [6, 6.07) is 113. The molecule has 0 aliphatic rings. The van der Waals surface area contributed by atoms with Crippen LogP contribution in [0.15, 0.2) is 341 Å². The fourth-order valence-corrected chi connectivity index (χ4v) is 12.2. The van der Waals surface area contributed by atoms with Gasteiger partial charge in [0.1, 0.15) is 0 Å². The van der Waals surface area contributed by atoms with Gasteiger partial charge < -0.3 is 39.9 Å². The minimum atomic E-state index is -4.34. The van der Waals surface area contributed by atoms with Crippen molar-refractivity contribution in [1.29, 1.82) is 0 Å². The van der Waals surface area contributed by atoms with E-state index in [1.807, 2.05) is 164 Å². The minimum absolute atomic E-state index is 0. The Morgan fingerprint density at radius 1 is 0.256 bits per heavy atom. The van der Waals surface area contributed by atoms with Crippen molar-refractivity contribution in [3.05, 3.63) is 435 Å². The monoisotopic (exact) mass is 3210 g/mol. The molecule has 0 N–H and O–H groups in total. The van der Waals surface area contributed by atoms with Gasteiger partial charge in [0.15, 0.2) is 0 Å². The van der Waals surface area contributed by atoms with Gasteiger partial charge in [-0.3, -0.25) is 13.2 Å². The van der Waals surface area contributed by atoms with E-state index in [2.05, 4.69) is 204 Å². The maximum atomic E-state index is 13.2. The topological polar surface area (TPSA) is 103 Å². The molecule has 8 aromatic heterocycles. The van der Waals surface area contributed by atoms with Crippen LogP contribution in [0, 0.1) is 66.0 Å². The van der Waals surface area contributed by atoms with Gasteiger partial charge in [0, 0.05) is 228 Å². The van der Waals surface area contributed by atoms with Gasteiger partial charge in [-0.2, -0.15) is 13.2 Å². The molecular weight excluding hydrogens is 3100 g/mol. The Kier molecular flexibility index (Phi) is 62.6. The van der Waals surface area contributed by atoms with Crippen molar-refractivity contribution in [2.24, 2.45) is 0 Å². The van der Waals surface area contributed by atoms with E-state index < -0.39 is 23.4 Å². The van der Waals surface area contributed by atoms with Gasteiger partial charge in [0.25, 0.3) is 0 Å². The second-order valence-corrected chi connectivity index (χ2v) is 31.0. The van der Waals surface area contributed by atoms with E-state index in [9.17, 15) is 26.3 Å². The van der Waals surface area contributed by atoms with E-state index in [1.54, 1.807) is 73.3 Å². The summed E-state index contributed by atoms with van der Waals surface area (Å²) in [5, 5.41) is 0. The first kappa shape index (κ1) is 123. The van der Waals surface area contributed by atoms with Crippen molar-refractivity contribution in [3.63, 3.8) is 0 Å². The van der Waals surface area contributed by atoms with Crippen molar-refractivity contribution in [1.82, 2.24) is 39.9 Å². The number of aryl methyl sites for hydroxylation is 2. The van der Waals surface area contributed by atoms with Crippen LogP contribution in [0.2, 0.25) is 0 Å². The van der Waals surface area contributed by atoms with Crippen LogP contribution < -0.4 is 0 Å². The zero-order valence-electron chi connectivity index (χ0n) is 74.8. The van der Waals surface area contributed by atoms with Crippen LogP contribution >= 0.6 is 0 Å². The van der Waals surface area contributed by atoms with Crippen LogP contribution in [0.1, 0.15) is 147 Å².